The summed E-state index contributed by atoms with van der Waals surface area (Å²) in [5.74, 6) is -0.688. The molecular formula is C15H25NO5. The van der Waals surface area contributed by atoms with E-state index in [-0.39, 0.29) is 61.9 Å². The summed E-state index contributed by atoms with van der Waals surface area (Å²) < 4.78 is 10.2. The van der Waals surface area contributed by atoms with Crippen LogP contribution in [0.2, 0.25) is 0 Å². The monoisotopic (exact) mass is 299 g/mol. The minimum atomic E-state index is -0.261. The van der Waals surface area contributed by atoms with Crippen LogP contribution in [0.1, 0.15) is 34.1 Å². The number of ether oxygens (including phenoxy) is 2. The van der Waals surface area contributed by atoms with Gasteiger partial charge in [-0.05, 0) is 5.92 Å². The molecule has 0 aromatic rings. The van der Waals surface area contributed by atoms with Gasteiger partial charge < -0.3 is 9.47 Å². The third-order valence-corrected chi connectivity index (χ3v) is 3.49. The van der Waals surface area contributed by atoms with E-state index in [1.807, 2.05) is 13.8 Å². The van der Waals surface area contributed by atoms with E-state index >= 15 is 0 Å². The van der Waals surface area contributed by atoms with Crippen molar-refractivity contribution in [1.29, 1.82) is 0 Å². The zero-order chi connectivity index (χ0) is 16.0. The second-order valence-electron chi connectivity index (χ2n) is 5.87. The smallest absolute Gasteiger partial charge is 0.308 e. The molecule has 0 saturated carbocycles. The van der Waals surface area contributed by atoms with Crippen LogP contribution in [0.25, 0.3) is 0 Å². The van der Waals surface area contributed by atoms with Gasteiger partial charge in [0.2, 0.25) is 11.8 Å². The van der Waals surface area contributed by atoms with Gasteiger partial charge in [0.25, 0.3) is 0 Å². The number of amides is 2. The average molecular weight is 299 g/mol. The van der Waals surface area contributed by atoms with E-state index in [9.17, 15) is 14.4 Å². The predicted octanol–water partition coefficient (Wildman–Crippen LogP) is 1.23. The fraction of sp³-hybridized carbons (Fsp3) is 0.800. The molecule has 1 aliphatic heterocycles. The van der Waals surface area contributed by atoms with Crippen molar-refractivity contribution in [2.45, 2.75) is 34.1 Å². The topological polar surface area (TPSA) is 72.9 Å². The molecule has 0 bridgehead atoms. The fourth-order valence-corrected chi connectivity index (χ4v) is 2.09. The molecule has 6 nitrogen and oxygen atoms in total. The van der Waals surface area contributed by atoms with Crippen molar-refractivity contribution in [3.8, 4) is 0 Å². The van der Waals surface area contributed by atoms with Gasteiger partial charge in [-0.1, -0.05) is 27.7 Å². The first kappa shape index (κ1) is 17.6. The number of hydrogen-bond acceptors (Lipinski definition) is 5. The molecule has 1 fully saturated rings. The highest BCUT2D eigenvalue weighted by molar-refractivity contribution is 6.03. The lowest BCUT2D eigenvalue weighted by Crippen LogP contribution is -2.34. The minimum absolute atomic E-state index is 0.107. The Morgan fingerprint density at radius 3 is 2.38 bits per heavy atom. The number of imide groups is 1. The van der Waals surface area contributed by atoms with Crippen molar-refractivity contribution >= 4 is 17.8 Å². The summed E-state index contributed by atoms with van der Waals surface area (Å²) >= 11 is 0. The van der Waals surface area contributed by atoms with E-state index in [1.54, 1.807) is 13.8 Å². The van der Waals surface area contributed by atoms with Gasteiger partial charge in [-0.25, -0.2) is 0 Å². The molecule has 21 heavy (non-hydrogen) atoms. The molecule has 1 saturated heterocycles. The standard InChI is InChI=1S/C15H25NO5/c1-10(2)12-9-13(17)16(14(12)18)5-6-20-7-8-21-15(19)11(3)4/h10-12H,5-9H2,1-4H3. The molecule has 0 radical (unpaired) electrons. The first-order valence-corrected chi connectivity index (χ1v) is 7.43. The van der Waals surface area contributed by atoms with E-state index in [4.69, 9.17) is 9.47 Å². The summed E-state index contributed by atoms with van der Waals surface area (Å²) in [4.78, 5) is 36.2. The van der Waals surface area contributed by atoms with Gasteiger partial charge in [-0.2, -0.15) is 0 Å². The number of esters is 1. The zero-order valence-electron chi connectivity index (χ0n) is 13.3. The predicted molar refractivity (Wildman–Crippen MR) is 76.3 cm³/mol. The van der Waals surface area contributed by atoms with Crippen molar-refractivity contribution in [1.82, 2.24) is 4.90 Å². The van der Waals surface area contributed by atoms with Crippen LogP contribution >= 0.6 is 0 Å². The lowest BCUT2D eigenvalue weighted by Gasteiger charge is -2.16. The van der Waals surface area contributed by atoms with Gasteiger partial charge in [0.05, 0.1) is 25.7 Å². The normalized spacial score (nSPS) is 19.0. The molecule has 1 unspecified atom stereocenters. The highest BCUT2D eigenvalue weighted by atomic mass is 16.6. The van der Waals surface area contributed by atoms with Crippen LogP contribution in [0.5, 0.6) is 0 Å². The van der Waals surface area contributed by atoms with Crippen LogP contribution in [0, 0.1) is 17.8 Å². The van der Waals surface area contributed by atoms with Gasteiger partial charge in [0, 0.05) is 12.3 Å². The molecule has 0 spiro atoms. The maximum absolute atomic E-state index is 12.0. The van der Waals surface area contributed by atoms with Gasteiger partial charge in [0.1, 0.15) is 6.61 Å². The Morgan fingerprint density at radius 1 is 1.19 bits per heavy atom. The molecule has 0 aromatic heterocycles. The first-order valence-electron chi connectivity index (χ1n) is 7.43. The fourth-order valence-electron chi connectivity index (χ4n) is 2.09. The number of hydrogen-bond donors (Lipinski definition) is 0. The molecule has 6 heteroatoms. The van der Waals surface area contributed by atoms with Crippen LogP contribution in [0.15, 0.2) is 0 Å². The van der Waals surface area contributed by atoms with E-state index in [0.717, 1.165) is 0 Å². The van der Waals surface area contributed by atoms with Crippen molar-refractivity contribution in [2.75, 3.05) is 26.4 Å². The van der Waals surface area contributed by atoms with E-state index in [2.05, 4.69) is 0 Å². The van der Waals surface area contributed by atoms with E-state index in [0.29, 0.717) is 6.42 Å². The van der Waals surface area contributed by atoms with Crippen molar-refractivity contribution in [3.05, 3.63) is 0 Å². The van der Waals surface area contributed by atoms with Crippen LogP contribution in [0.4, 0.5) is 0 Å². The lowest BCUT2D eigenvalue weighted by atomic mass is 9.94. The van der Waals surface area contributed by atoms with Gasteiger partial charge >= 0.3 is 5.97 Å². The maximum atomic E-state index is 12.0. The molecular weight excluding hydrogens is 274 g/mol. The minimum Gasteiger partial charge on any atom is -0.463 e. The lowest BCUT2D eigenvalue weighted by molar-refractivity contribution is -0.148. The summed E-state index contributed by atoms with van der Waals surface area (Å²) in [5.41, 5.74) is 0. The Labute approximate surface area is 125 Å². The quantitative estimate of drug-likeness (QED) is 0.383. The Hall–Kier alpha value is -1.43. The summed E-state index contributed by atoms with van der Waals surface area (Å²) in [6, 6.07) is 0. The third-order valence-electron chi connectivity index (χ3n) is 3.49. The van der Waals surface area contributed by atoms with Gasteiger partial charge in [0.15, 0.2) is 0 Å². The van der Waals surface area contributed by atoms with Crippen molar-refractivity contribution < 1.29 is 23.9 Å². The maximum Gasteiger partial charge on any atom is 0.308 e. The number of rotatable bonds is 8. The highest BCUT2D eigenvalue weighted by Gasteiger charge is 2.39. The molecule has 120 valence electrons. The molecule has 0 aliphatic carbocycles. The number of nitrogens with zero attached hydrogens (tertiary/aromatic N) is 1. The molecule has 0 N–H and O–H groups in total. The summed E-state index contributed by atoms with van der Waals surface area (Å²) in [7, 11) is 0. The Kier molecular flexibility index (Phi) is 6.81. The largest absolute Gasteiger partial charge is 0.463 e. The number of likely N-dealkylation sites (tertiary alicyclic amines) is 1. The summed E-state index contributed by atoms with van der Waals surface area (Å²) in [5, 5.41) is 0. The first-order chi connectivity index (χ1) is 9.84. The second kappa shape index (κ2) is 8.12. The molecule has 1 atom stereocenters. The molecule has 1 heterocycles. The van der Waals surface area contributed by atoms with Crippen molar-refractivity contribution in [2.24, 2.45) is 17.8 Å². The molecule has 0 aromatic carbocycles. The summed E-state index contributed by atoms with van der Waals surface area (Å²) in [6.45, 7) is 8.39. The Balaban J connectivity index is 2.20. The van der Waals surface area contributed by atoms with Gasteiger partial charge in [-0.3, -0.25) is 19.3 Å². The third kappa shape index (κ3) is 5.12. The second-order valence-corrected chi connectivity index (χ2v) is 5.87. The highest BCUT2D eigenvalue weighted by Crippen LogP contribution is 2.25. The van der Waals surface area contributed by atoms with Crippen LogP contribution < -0.4 is 0 Å². The Bertz CT molecular complexity index is 392. The van der Waals surface area contributed by atoms with E-state index < -0.39 is 0 Å². The Morgan fingerprint density at radius 2 is 1.86 bits per heavy atom. The van der Waals surface area contributed by atoms with Crippen LogP contribution in [0.3, 0.4) is 0 Å². The molecule has 1 aliphatic rings. The number of carbonyl (C=O) groups excluding carboxylic acids is 3. The number of carbonyl (C=O) groups is 3. The van der Waals surface area contributed by atoms with Crippen LogP contribution in [-0.2, 0) is 23.9 Å². The van der Waals surface area contributed by atoms with Crippen molar-refractivity contribution in [3.63, 3.8) is 0 Å². The molecule has 1 rings (SSSR count). The summed E-state index contributed by atoms with van der Waals surface area (Å²) in [6.07, 6.45) is 0.294. The molecule has 2 amide bonds. The zero-order valence-corrected chi connectivity index (χ0v) is 13.3. The van der Waals surface area contributed by atoms with Gasteiger partial charge in [-0.15, -0.1) is 0 Å². The SMILES string of the molecule is CC(C)C(=O)OCCOCCN1C(=O)CC(C(C)C)C1=O. The average Bonchev–Trinajstić information content (AvgIpc) is 2.69. The van der Waals surface area contributed by atoms with Crippen LogP contribution in [-0.4, -0.2) is 49.0 Å². The van der Waals surface area contributed by atoms with E-state index in [1.165, 1.54) is 4.90 Å².